The van der Waals surface area contributed by atoms with Crippen LogP contribution in [0.15, 0.2) is 24.3 Å². The van der Waals surface area contributed by atoms with Crippen LogP contribution in [0.1, 0.15) is 12.0 Å². The first-order valence-corrected chi connectivity index (χ1v) is 5.52. The number of benzene rings is 1. The Morgan fingerprint density at radius 3 is 3.06 bits per heavy atom. The molecular weight excluding hydrogens is 207 g/mol. The van der Waals surface area contributed by atoms with E-state index in [9.17, 15) is 9.18 Å². The molecule has 0 aromatic heterocycles. The van der Waals surface area contributed by atoms with E-state index in [0.29, 0.717) is 12.6 Å². The maximum atomic E-state index is 13.0. The summed E-state index contributed by atoms with van der Waals surface area (Å²) in [5.74, 6) is -0.0899. The van der Waals surface area contributed by atoms with Gasteiger partial charge in [0.2, 0.25) is 5.91 Å². The van der Waals surface area contributed by atoms with E-state index in [1.807, 2.05) is 11.0 Å². The van der Waals surface area contributed by atoms with Crippen molar-refractivity contribution in [1.82, 2.24) is 10.2 Å². The molecule has 0 spiro atoms. The van der Waals surface area contributed by atoms with Gasteiger partial charge in [-0.2, -0.15) is 0 Å². The van der Waals surface area contributed by atoms with Gasteiger partial charge in [0.15, 0.2) is 0 Å². The van der Waals surface area contributed by atoms with Crippen LogP contribution in [0.5, 0.6) is 0 Å². The zero-order valence-electron chi connectivity index (χ0n) is 8.82. The van der Waals surface area contributed by atoms with Gasteiger partial charge in [-0.1, -0.05) is 12.1 Å². The Balaban J connectivity index is 1.78. The van der Waals surface area contributed by atoms with Crippen molar-refractivity contribution in [1.29, 1.82) is 0 Å². The fourth-order valence-corrected chi connectivity index (χ4v) is 2.56. The average Bonchev–Trinajstić information content (AvgIpc) is 2.82. The second-order valence-corrected chi connectivity index (χ2v) is 4.45. The Morgan fingerprint density at radius 2 is 2.38 bits per heavy atom. The first kappa shape index (κ1) is 9.78. The summed E-state index contributed by atoms with van der Waals surface area (Å²) in [6.07, 6.45) is 0.897. The van der Waals surface area contributed by atoms with E-state index in [1.54, 1.807) is 6.07 Å². The van der Waals surface area contributed by atoms with Crippen molar-refractivity contribution in [3.05, 3.63) is 35.6 Å². The second kappa shape index (κ2) is 3.56. The molecule has 0 radical (unpaired) electrons. The van der Waals surface area contributed by atoms with E-state index >= 15 is 0 Å². The van der Waals surface area contributed by atoms with Gasteiger partial charge < -0.3 is 10.2 Å². The van der Waals surface area contributed by atoms with E-state index in [0.717, 1.165) is 18.5 Å². The first-order valence-electron chi connectivity index (χ1n) is 5.52. The Hall–Kier alpha value is -1.42. The maximum absolute atomic E-state index is 13.0. The summed E-state index contributed by atoms with van der Waals surface area (Å²) < 4.78 is 13.0. The molecule has 3 rings (SSSR count). The lowest BCUT2D eigenvalue weighted by atomic mass is 10.2. The van der Waals surface area contributed by atoms with Crippen LogP contribution in [0.3, 0.4) is 0 Å². The van der Waals surface area contributed by atoms with Gasteiger partial charge in [0, 0.05) is 19.1 Å². The number of rotatable bonds is 2. The summed E-state index contributed by atoms with van der Waals surface area (Å²) >= 11 is 0. The Bertz CT molecular complexity index is 435. The Morgan fingerprint density at radius 1 is 1.50 bits per heavy atom. The van der Waals surface area contributed by atoms with Gasteiger partial charge in [-0.25, -0.2) is 4.39 Å². The second-order valence-electron chi connectivity index (χ2n) is 4.45. The number of nitrogens with one attached hydrogen (secondary N) is 1. The summed E-state index contributed by atoms with van der Waals surface area (Å²) in [4.78, 5) is 13.7. The van der Waals surface area contributed by atoms with Gasteiger partial charge in [-0.05, 0) is 24.1 Å². The Kier molecular flexibility index (Phi) is 2.17. The van der Waals surface area contributed by atoms with Crippen LogP contribution in [0.2, 0.25) is 0 Å². The van der Waals surface area contributed by atoms with Crippen molar-refractivity contribution in [2.75, 3.05) is 6.54 Å². The Labute approximate surface area is 93.2 Å². The highest BCUT2D eigenvalue weighted by Crippen LogP contribution is 2.26. The van der Waals surface area contributed by atoms with E-state index in [1.165, 1.54) is 12.1 Å². The number of hydrogen-bond donors (Lipinski definition) is 1. The maximum Gasteiger partial charge on any atom is 0.240 e. The van der Waals surface area contributed by atoms with Crippen molar-refractivity contribution < 1.29 is 9.18 Å². The molecule has 16 heavy (non-hydrogen) atoms. The number of nitrogens with zero attached hydrogens (tertiary/aromatic N) is 1. The summed E-state index contributed by atoms with van der Waals surface area (Å²) in [5.41, 5.74) is 0.862. The fraction of sp³-hybridized carbons (Fsp3) is 0.417. The minimum absolute atomic E-state index is 0.00133. The van der Waals surface area contributed by atoms with Crippen molar-refractivity contribution in [2.45, 2.75) is 25.0 Å². The van der Waals surface area contributed by atoms with E-state index in [-0.39, 0.29) is 17.8 Å². The number of piperazine rings is 1. The number of amides is 1. The van der Waals surface area contributed by atoms with Gasteiger partial charge in [0.25, 0.3) is 0 Å². The van der Waals surface area contributed by atoms with Crippen LogP contribution in [-0.2, 0) is 11.3 Å². The SMILES string of the molecule is O=C1[C@H]2C[C@H](CN2)N1Cc1cccc(F)c1. The summed E-state index contributed by atoms with van der Waals surface area (Å²) in [6.45, 7) is 1.39. The molecule has 3 nitrogen and oxygen atoms in total. The van der Waals surface area contributed by atoms with Crippen LogP contribution in [0.4, 0.5) is 4.39 Å². The molecule has 0 unspecified atom stereocenters. The molecule has 2 bridgehead atoms. The molecular formula is C12H13FN2O. The van der Waals surface area contributed by atoms with Gasteiger partial charge in [0.1, 0.15) is 5.82 Å². The van der Waals surface area contributed by atoms with Crippen LogP contribution >= 0.6 is 0 Å². The summed E-state index contributed by atoms with van der Waals surface area (Å²) in [5, 5.41) is 3.17. The average molecular weight is 220 g/mol. The number of hydrogen-bond acceptors (Lipinski definition) is 2. The number of likely N-dealkylation sites (tertiary alicyclic amines) is 1. The van der Waals surface area contributed by atoms with Crippen molar-refractivity contribution in [3.63, 3.8) is 0 Å². The van der Waals surface area contributed by atoms with Crippen molar-refractivity contribution >= 4 is 5.91 Å². The third-order valence-electron chi connectivity index (χ3n) is 3.37. The summed E-state index contributed by atoms with van der Waals surface area (Å²) in [6, 6.07) is 6.74. The van der Waals surface area contributed by atoms with Crippen LogP contribution in [0.25, 0.3) is 0 Å². The predicted octanol–water partition coefficient (Wildman–Crippen LogP) is 0.898. The quantitative estimate of drug-likeness (QED) is 0.803. The van der Waals surface area contributed by atoms with Gasteiger partial charge >= 0.3 is 0 Å². The third kappa shape index (κ3) is 1.50. The van der Waals surface area contributed by atoms with Crippen molar-refractivity contribution in [2.24, 2.45) is 0 Å². The molecule has 2 atom stereocenters. The van der Waals surface area contributed by atoms with Gasteiger partial charge in [-0.3, -0.25) is 4.79 Å². The molecule has 2 fully saturated rings. The smallest absolute Gasteiger partial charge is 0.240 e. The van der Waals surface area contributed by atoms with Gasteiger partial charge in [-0.15, -0.1) is 0 Å². The highest BCUT2D eigenvalue weighted by Gasteiger charge is 2.44. The number of carbonyl (C=O) groups is 1. The molecule has 84 valence electrons. The topological polar surface area (TPSA) is 32.3 Å². The van der Waals surface area contributed by atoms with Crippen LogP contribution in [-0.4, -0.2) is 29.4 Å². The zero-order chi connectivity index (χ0) is 11.1. The molecule has 4 heteroatoms. The minimum atomic E-state index is -0.243. The third-order valence-corrected chi connectivity index (χ3v) is 3.37. The van der Waals surface area contributed by atoms with Gasteiger partial charge in [0.05, 0.1) is 6.04 Å². The van der Waals surface area contributed by atoms with Crippen LogP contribution in [0, 0.1) is 5.82 Å². The lowest BCUT2D eigenvalue weighted by Crippen LogP contribution is -2.47. The largest absolute Gasteiger partial charge is 0.333 e. The highest BCUT2D eigenvalue weighted by molar-refractivity contribution is 5.85. The molecule has 1 aromatic rings. The lowest BCUT2D eigenvalue weighted by molar-refractivity contribution is -0.132. The molecule has 2 saturated heterocycles. The standard InChI is InChI=1S/C12H13FN2O/c13-9-3-1-2-8(4-9)7-15-10-5-11(12(15)16)14-6-10/h1-4,10-11,14H,5-7H2/t10-,11-/m1/s1. The van der Waals surface area contributed by atoms with E-state index in [2.05, 4.69) is 5.32 Å². The molecule has 2 aliphatic heterocycles. The normalized spacial score (nSPS) is 27.8. The monoisotopic (exact) mass is 220 g/mol. The van der Waals surface area contributed by atoms with E-state index < -0.39 is 0 Å². The summed E-state index contributed by atoms with van der Waals surface area (Å²) in [7, 11) is 0. The highest BCUT2D eigenvalue weighted by atomic mass is 19.1. The van der Waals surface area contributed by atoms with Crippen molar-refractivity contribution in [3.8, 4) is 0 Å². The number of halogens is 1. The molecule has 2 heterocycles. The molecule has 1 amide bonds. The fourth-order valence-electron chi connectivity index (χ4n) is 2.56. The van der Waals surface area contributed by atoms with E-state index in [4.69, 9.17) is 0 Å². The zero-order valence-corrected chi connectivity index (χ0v) is 8.82. The van der Waals surface area contributed by atoms with Crippen LogP contribution < -0.4 is 5.32 Å². The lowest BCUT2D eigenvalue weighted by Gasteiger charge is -2.27. The minimum Gasteiger partial charge on any atom is -0.333 e. The number of carbonyl (C=O) groups excluding carboxylic acids is 1. The molecule has 1 N–H and O–H groups in total. The molecule has 0 aliphatic carbocycles. The number of fused-ring (bicyclic) bond motifs is 2. The molecule has 0 saturated carbocycles. The first-order chi connectivity index (χ1) is 7.74. The molecule has 1 aromatic carbocycles. The predicted molar refractivity (Wildman–Crippen MR) is 57.1 cm³/mol. The molecule has 2 aliphatic rings.